The Morgan fingerprint density at radius 2 is 1.88 bits per heavy atom. The molecule has 0 saturated heterocycles. The average Bonchev–Trinajstić information content (AvgIpc) is 2.82. The zero-order valence-electron chi connectivity index (χ0n) is 17.2. The molecule has 1 heterocycles. The Kier molecular flexibility index (Phi) is 6.36. The fourth-order valence-corrected chi connectivity index (χ4v) is 4.81. The molecule has 0 aromatic heterocycles. The molecule has 0 saturated carbocycles. The number of rotatable bonds is 6. The third-order valence-corrected chi connectivity index (χ3v) is 6.96. The van der Waals surface area contributed by atoms with Crippen molar-refractivity contribution in [1.82, 2.24) is 0 Å². The van der Waals surface area contributed by atoms with Gasteiger partial charge in [0, 0.05) is 23.2 Å². The average molecular weight is 474 g/mol. The van der Waals surface area contributed by atoms with E-state index in [1.54, 1.807) is 42.5 Å². The highest BCUT2D eigenvalue weighted by molar-refractivity contribution is 7.92. The molecule has 3 aromatic carbocycles. The maximum atomic E-state index is 13.0. The van der Waals surface area contributed by atoms with Gasteiger partial charge in [-0.25, -0.2) is 13.2 Å². The summed E-state index contributed by atoms with van der Waals surface area (Å²) in [6, 6.07) is 17.8. The second kappa shape index (κ2) is 9.20. The van der Waals surface area contributed by atoms with E-state index in [1.165, 1.54) is 31.3 Å². The third-order valence-electron chi connectivity index (χ3n) is 4.96. The van der Waals surface area contributed by atoms with Crippen LogP contribution in [0.25, 0.3) is 0 Å². The minimum Gasteiger partial charge on any atom is -0.467 e. The minimum absolute atomic E-state index is 0.0149. The van der Waals surface area contributed by atoms with Crippen LogP contribution >= 0.6 is 11.6 Å². The van der Waals surface area contributed by atoms with E-state index in [2.05, 4.69) is 0 Å². The number of ether oxygens (including phenoxy) is 3. The molecule has 0 bridgehead atoms. The number of benzene rings is 3. The molecule has 4 rings (SSSR count). The standard InChI is InChI=1S/C23H20ClNO6S/c1-25(20-7-3-2-4-8-20)32(27,28)21-9-5-6-16(12-21)23(26)30-14-18-11-19(24)10-17-13-29-15-31-22(17)18/h2-12H,13-15H2,1H3. The zero-order chi connectivity index (χ0) is 22.7. The zero-order valence-corrected chi connectivity index (χ0v) is 18.7. The molecule has 0 fully saturated rings. The summed E-state index contributed by atoms with van der Waals surface area (Å²) in [5.41, 5.74) is 2.01. The first kappa shape index (κ1) is 22.1. The Balaban J connectivity index is 1.53. The van der Waals surface area contributed by atoms with E-state index in [0.29, 0.717) is 28.6 Å². The van der Waals surface area contributed by atoms with Crippen molar-refractivity contribution in [1.29, 1.82) is 0 Å². The monoisotopic (exact) mass is 473 g/mol. The van der Waals surface area contributed by atoms with Crippen LogP contribution in [0.15, 0.2) is 71.6 Å². The SMILES string of the molecule is CN(c1ccccc1)S(=O)(=O)c1cccc(C(=O)OCc2cc(Cl)cc3c2OCOC3)c1. The minimum atomic E-state index is -3.86. The van der Waals surface area contributed by atoms with Gasteiger partial charge in [0.1, 0.15) is 12.4 Å². The van der Waals surface area contributed by atoms with Gasteiger partial charge in [0.2, 0.25) is 0 Å². The van der Waals surface area contributed by atoms with Gasteiger partial charge in [-0.3, -0.25) is 4.31 Å². The van der Waals surface area contributed by atoms with Crippen LogP contribution in [0, 0.1) is 0 Å². The number of halogens is 1. The van der Waals surface area contributed by atoms with Gasteiger partial charge in [0.05, 0.1) is 22.8 Å². The lowest BCUT2D eigenvalue weighted by Crippen LogP contribution is -2.26. The molecule has 1 aliphatic rings. The van der Waals surface area contributed by atoms with E-state index in [9.17, 15) is 13.2 Å². The highest BCUT2D eigenvalue weighted by Gasteiger charge is 2.23. The van der Waals surface area contributed by atoms with Crippen LogP contribution < -0.4 is 9.04 Å². The fraction of sp³-hybridized carbons (Fsp3) is 0.174. The maximum absolute atomic E-state index is 13.0. The van der Waals surface area contributed by atoms with Gasteiger partial charge in [-0.05, 0) is 42.5 Å². The van der Waals surface area contributed by atoms with Crippen molar-refractivity contribution < 1.29 is 27.4 Å². The second-order valence-electron chi connectivity index (χ2n) is 7.08. The van der Waals surface area contributed by atoms with E-state index in [0.717, 1.165) is 9.87 Å². The molecule has 0 atom stereocenters. The molecule has 0 spiro atoms. The number of nitrogens with zero attached hydrogens (tertiary/aromatic N) is 1. The Labute approximate surface area is 191 Å². The molecule has 32 heavy (non-hydrogen) atoms. The summed E-state index contributed by atoms with van der Waals surface area (Å²) < 4.78 is 43.4. The molecule has 0 amide bonds. The predicted octanol–water partition coefficient (Wildman–Crippen LogP) is 4.39. The molecule has 3 aromatic rings. The molecule has 9 heteroatoms. The summed E-state index contributed by atoms with van der Waals surface area (Å²) in [7, 11) is -2.40. The first-order valence-corrected chi connectivity index (χ1v) is 11.5. The van der Waals surface area contributed by atoms with Gasteiger partial charge in [0.25, 0.3) is 10.0 Å². The van der Waals surface area contributed by atoms with Crippen LogP contribution in [0.3, 0.4) is 0 Å². The smallest absolute Gasteiger partial charge is 0.338 e. The predicted molar refractivity (Wildman–Crippen MR) is 119 cm³/mol. The fourth-order valence-electron chi connectivity index (χ4n) is 3.31. The lowest BCUT2D eigenvalue weighted by molar-refractivity contribution is -0.0180. The molecule has 0 N–H and O–H groups in total. The van der Waals surface area contributed by atoms with Gasteiger partial charge >= 0.3 is 5.97 Å². The van der Waals surface area contributed by atoms with Gasteiger partial charge in [0.15, 0.2) is 6.79 Å². The molecule has 7 nitrogen and oxygen atoms in total. The highest BCUT2D eigenvalue weighted by Crippen LogP contribution is 2.32. The molecular weight excluding hydrogens is 454 g/mol. The number of hydrogen-bond donors (Lipinski definition) is 0. The number of hydrogen-bond acceptors (Lipinski definition) is 6. The Bertz CT molecular complexity index is 1250. The van der Waals surface area contributed by atoms with Crippen molar-refractivity contribution in [3.8, 4) is 5.75 Å². The van der Waals surface area contributed by atoms with Crippen molar-refractivity contribution in [2.24, 2.45) is 0 Å². The van der Waals surface area contributed by atoms with Crippen LogP contribution in [0.2, 0.25) is 5.02 Å². The van der Waals surface area contributed by atoms with Crippen LogP contribution in [-0.4, -0.2) is 28.2 Å². The van der Waals surface area contributed by atoms with Crippen molar-refractivity contribution >= 4 is 33.3 Å². The van der Waals surface area contributed by atoms with Crippen molar-refractivity contribution in [2.75, 3.05) is 18.1 Å². The summed E-state index contributed by atoms with van der Waals surface area (Å²) in [5, 5.41) is 0.473. The quantitative estimate of drug-likeness (QED) is 0.494. The van der Waals surface area contributed by atoms with Crippen molar-refractivity contribution in [3.63, 3.8) is 0 Å². The van der Waals surface area contributed by atoms with Crippen LogP contribution in [0.5, 0.6) is 5.75 Å². The molecule has 1 aliphatic heterocycles. The second-order valence-corrected chi connectivity index (χ2v) is 9.48. The van der Waals surface area contributed by atoms with E-state index in [1.807, 2.05) is 0 Å². The number of anilines is 1. The summed E-state index contributed by atoms with van der Waals surface area (Å²) in [4.78, 5) is 12.6. The summed E-state index contributed by atoms with van der Waals surface area (Å²) >= 11 is 6.14. The van der Waals surface area contributed by atoms with Gasteiger partial charge in [-0.2, -0.15) is 0 Å². The number of sulfonamides is 1. The topological polar surface area (TPSA) is 82.1 Å². The van der Waals surface area contributed by atoms with E-state index in [4.69, 9.17) is 25.8 Å². The van der Waals surface area contributed by atoms with E-state index < -0.39 is 16.0 Å². The van der Waals surface area contributed by atoms with Crippen molar-refractivity contribution in [2.45, 2.75) is 18.1 Å². The number of esters is 1. The third kappa shape index (κ3) is 4.57. The highest BCUT2D eigenvalue weighted by atomic mass is 35.5. The maximum Gasteiger partial charge on any atom is 0.338 e. The normalized spacial score (nSPS) is 13.1. The Morgan fingerprint density at radius 3 is 2.66 bits per heavy atom. The first-order chi connectivity index (χ1) is 15.4. The Morgan fingerprint density at radius 1 is 1.09 bits per heavy atom. The van der Waals surface area contributed by atoms with Gasteiger partial charge in [-0.1, -0.05) is 35.9 Å². The lowest BCUT2D eigenvalue weighted by Gasteiger charge is -2.21. The van der Waals surface area contributed by atoms with Gasteiger partial charge in [-0.15, -0.1) is 0 Å². The number of carbonyl (C=O) groups is 1. The summed E-state index contributed by atoms with van der Waals surface area (Å²) in [6.07, 6.45) is 0. The number of fused-ring (bicyclic) bond motifs is 1. The first-order valence-electron chi connectivity index (χ1n) is 9.69. The largest absolute Gasteiger partial charge is 0.467 e. The van der Waals surface area contributed by atoms with Crippen LogP contribution in [-0.2, 0) is 32.7 Å². The number of para-hydroxylation sites is 1. The lowest BCUT2D eigenvalue weighted by atomic mass is 10.1. The molecule has 0 radical (unpaired) electrons. The van der Waals surface area contributed by atoms with E-state index in [-0.39, 0.29) is 23.9 Å². The van der Waals surface area contributed by atoms with Crippen LogP contribution in [0.4, 0.5) is 5.69 Å². The molecule has 0 unspecified atom stereocenters. The summed E-state index contributed by atoms with van der Waals surface area (Å²) in [5.74, 6) is -0.0838. The molecular formula is C23H20ClNO6S. The summed E-state index contributed by atoms with van der Waals surface area (Å²) in [6.45, 7) is 0.374. The Hall–Kier alpha value is -3.07. The van der Waals surface area contributed by atoms with Crippen molar-refractivity contribution in [3.05, 3.63) is 88.4 Å². The number of carbonyl (C=O) groups excluding carboxylic acids is 1. The molecule has 166 valence electrons. The van der Waals surface area contributed by atoms with Crippen LogP contribution in [0.1, 0.15) is 21.5 Å². The van der Waals surface area contributed by atoms with E-state index >= 15 is 0 Å². The molecule has 0 aliphatic carbocycles. The van der Waals surface area contributed by atoms with Gasteiger partial charge < -0.3 is 14.2 Å².